The largest absolute Gasteiger partial charge is 0.229 e. The van der Waals surface area contributed by atoms with Gasteiger partial charge in [-0.05, 0) is 36.5 Å². The van der Waals surface area contributed by atoms with E-state index >= 15 is 0 Å². The Bertz CT molecular complexity index is 570. The van der Waals surface area contributed by atoms with E-state index < -0.39 is 15.3 Å². The van der Waals surface area contributed by atoms with Crippen LogP contribution < -0.4 is 0 Å². The lowest BCUT2D eigenvalue weighted by Crippen LogP contribution is -2.37. The monoisotopic (exact) mass is 338 g/mol. The van der Waals surface area contributed by atoms with Crippen molar-refractivity contribution in [3.8, 4) is 0 Å². The van der Waals surface area contributed by atoms with E-state index in [0.717, 1.165) is 5.56 Å². The fraction of sp³-hybridized carbons (Fsp3) is 0.571. The standard InChI is InChI=1S/C14H17Cl2FO2S/c15-9-14(10-16,12-4-5-20(18,19)8-12)7-11-2-1-3-13(17)6-11/h1-3,6,12H,4-5,7-10H2. The highest BCUT2D eigenvalue weighted by molar-refractivity contribution is 7.91. The van der Waals surface area contributed by atoms with Crippen LogP contribution in [0.15, 0.2) is 24.3 Å². The summed E-state index contributed by atoms with van der Waals surface area (Å²) in [5.41, 5.74) is 0.302. The molecule has 1 aliphatic rings. The van der Waals surface area contributed by atoms with Gasteiger partial charge in [-0.1, -0.05) is 12.1 Å². The highest BCUT2D eigenvalue weighted by Crippen LogP contribution is 2.41. The van der Waals surface area contributed by atoms with E-state index in [1.54, 1.807) is 6.07 Å². The van der Waals surface area contributed by atoms with Crippen LogP contribution in [0.5, 0.6) is 0 Å². The zero-order chi connectivity index (χ0) is 14.8. The van der Waals surface area contributed by atoms with E-state index in [9.17, 15) is 12.8 Å². The maximum absolute atomic E-state index is 13.3. The average Bonchev–Trinajstić information content (AvgIpc) is 2.77. The van der Waals surface area contributed by atoms with Crippen molar-refractivity contribution >= 4 is 33.0 Å². The quantitative estimate of drug-likeness (QED) is 0.772. The average molecular weight is 339 g/mol. The summed E-state index contributed by atoms with van der Waals surface area (Å²) in [6, 6.07) is 6.30. The maximum atomic E-state index is 13.3. The smallest absolute Gasteiger partial charge is 0.150 e. The van der Waals surface area contributed by atoms with Crippen LogP contribution in [0.4, 0.5) is 4.39 Å². The Morgan fingerprint density at radius 3 is 2.50 bits per heavy atom. The van der Waals surface area contributed by atoms with Gasteiger partial charge in [0, 0.05) is 17.2 Å². The number of sulfone groups is 1. The SMILES string of the molecule is O=S1(=O)CCC(C(CCl)(CCl)Cc2cccc(F)c2)C1. The van der Waals surface area contributed by atoms with Crippen LogP contribution in [0.2, 0.25) is 0 Å². The van der Waals surface area contributed by atoms with Gasteiger partial charge >= 0.3 is 0 Å². The molecular formula is C14H17Cl2FO2S. The second-order valence-corrected chi connectivity index (χ2v) is 8.30. The predicted octanol–water partition coefficient (Wildman–Crippen LogP) is 3.27. The number of hydrogen-bond acceptors (Lipinski definition) is 2. The minimum absolute atomic E-state index is 0.0641. The summed E-state index contributed by atoms with van der Waals surface area (Å²) in [5, 5.41) is 0. The van der Waals surface area contributed by atoms with Crippen molar-refractivity contribution in [2.24, 2.45) is 11.3 Å². The third-order valence-electron chi connectivity index (χ3n) is 4.08. The molecule has 0 spiro atoms. The van der Waals surface area contributed by atoms with Crippen LogP contribution in [-0.2, 0) is 16.3 Å². The molecule has 2 rings (SSSR count). The van der Waals surface area contributed by atoms with Crippen LogP contribution in [0.1, 0.15) is 12.0 Å². The third-order valence-corrected chi connectivity index (χ3v) is 6.91. The highest BCUT2D eigenvalue weighted by atomic mass is 35.5. The number of rotatable bonds is 5. The summed E-state index contributed by atoms with van der Waals surface area (Å²) in [6.45, 7) is 0. The lowest BCUT2D eigenvalue weighted by molar-refractivity contribution is 0.244. The highest BCUT2D eigenvalue weighted by Gasteiger charge is 2.43. The molecule has 1 fully saturated rings. The van der Waals surface area contributed by atoms with Crippen molar-refractivity contribution in [1.29, 1.82) is 0 Å². The fourth-order valence-corrected chi connectivity index (χ4v) is 5.68. The van der Waals surface area contributed by atoms with Gasteiger partial charge in [0.25, 0.3) is 0 Å². The zero-order valence-electron chi connectivity index (χ0n) is 11.0. The molecule has 0 aromatic heterocycles. The molecule has 1 heterocycles. The van der Waals surface area contributed by atoms with Gasteiger partial charge in [0.1, 0.15) is 5.82 Å². The van der Waals surface area contributed by atoms with Gasteiger partial charge in [-0.3, -0.25) is 0 Å². The van der Waals surface area contributed by atoms with Crippen LogP contribution in [-0.4, -0.2) is 31.7 Å². The van der Waals surface area contributed by atoms with Crippen molar-refractivity contribution in [3.63, 3.8) is 0 Å². The lowest BCUT2D eigenvalue weighted by atomic mass is 9.73. The number of benzene rings is 1. The Kier molecular flexibility index (Phi) is 4.98. The number of halogens is 3. The summed E-state index contributed by atoms with van der Waals surface area (Å²) < 4.78 is 36.6. The molecule has 0 saturated carbocycles. The molecular weight excluding hydrogens is 322 g/mol. The first kappa shape index (κ1) is 16.1. The van der Waals surface area contributed by atoms with Crippen LogP contribution >= 0.6 is 23.2 Å². The summed E-state index contributed by atoms with van der Waals surface area (Å²) in [7, 11) is -2.99. The lowest BCUT2D eigenvalue weighted by Gasteiger charge is -2.35. The summed E-state index contributed by atoms with van der Waals surface area (Å²) in [5.74, 6) is 0.490. The zero-order valence-corrected chi connectivity index (χ0v) is 13.3. The van der Waals surface area contributed by atoms with Crippen molar-refractivity contribution < 1.29 is 12.8 Å². The Hall–Kier alpha value is -0.320. The van der Waals surface area contributed by atoms with Gasteiger partial charge in [-0.2, -0.15) is 0 Å². The molecule has 0 amide bonds. The molecule has 0 aliphatic carbocycles. The molecule has 1 unspecified atom stereocenters. The third kappa shape index (κ3) is 3.46. The molecule has 1 aliphatic heterocycles. The Balaban J connectivity index is 2.26. The minimum atomic E-state index is -2.99. The maximum Gasteiger partial charge on any atom is 0.150 e. The molecule has 6 heteroatoms. The van der Waals surface area contributed by atoms with Gasteiger partial charge in [0.2, 0.25) is 0 Å². The van der Waals surface area contributed by atoms with E-state index in [0.29, 0.717) is 12.8 Å². The van der Waals surface area contributed by atoms with Crippen LogP contribution in [0.25, 0.3) is 0 Å². The van der Waals surface area contributed by atoms with Crippen molar-refractivity contribution in [2.75, 3.05) is 23.3 Å². The molecule has 1 atom stereocenters. The second kappa shape index (κ2) is 6.20. The van der Waals surface area contributed by atoms with E-state index in [1.165, 1.54) is 12.1 Å². The first-order valence-electron chi connectivity index (χ1n) is 6.47. The molecule has 1 aromatic rings. The van der Waals surface area contributed by atoms with E-state index in [4.69, 9.17) is 23.2 Å². The Labute approximate surface area is 129 Å². The molecule has 0 radical (unpaired) electrons. The molecule has 0 N–H and O–H groups in total. The molecule has 0 bridgehead atoms. The first-order valence-corrected chi connectivity index (χ1v) is 9.37. The molecule has 2 nitrogen and oxygen atoms in total. The van der Waals surface area contributed by atoms with Gasteiger partial charge in [-0.15, -0.1) is 23.2 Å². The molecule has 112 valence electrons. The van der Waals surface area contributed by atoms with Crippen molar-refractivity contribution in [3.05, 3.63) is 35.6 Å². The van der Waals surface area contributed by atoms with Gasteiger partial charge in [0.05, 0.1) is 11.5 Å². The predicted molar refractivity (Wildman–Crippen MR) is 80.7 cm³/mol. The molecule has 1 saturated heterocycles. The van der Waals surface area contributed by atoms with Gasteiger partial charge in [-0.25, -0.2) is 12.8 Å². The molecule has 20 heavy (non-hydrogen) atoms. The molecule has 1 aromatic carbocycles. The summed E-state index contributed by atoms with van der Waals surface area (Å²) in [4.78, 5) is 0. The van der Waals surface area contributed by atoms with Gasteiger partial charge in [0.15, 0.2) is 9.84 Å². The van der Waals surface area contributed by atoms with Crippen molar-refractivity contribution in [1.82, 2.24) is 0 Å². The van der Waals surface area contributed by atoms with E-state index in [-0.39, 0.29) is 35.0 Å². The summed E-state index contributed by atoms with van der Waals surface area (Å²) >= 11 is 12.2. The minimum Gasteiger partial charge on any atom is -0.229 e. The topological polar surface area (TPSA) is 34.1 Å². The fourth-order valence-electron chi connectivity index (χ4n) is 2.82. The van der Waals surface area contributed by atoms with E-state index in [1.807, 2.05) is 6.07 Å². The van der Waals surface area contributed by atoms with E-state index in [2.05, 4.69) is 0 Å². The van der Waals surface area contributed by atoms with Crippen molar-refractivity contribution in [2.45, 2.75) is 12.8 Å². The second-order valence-electron chi connectivity index (χ2n) is 5.54. The first-order chi connectivity index (χ1) is 9.41. The Morgan fingerprint density at radius 1 is 1.30 bits per heavy atom. The normalized spacial score (nSPS) is 22.1. The Morgan fingerprint density at radius 2 is 2.00 bits per heavy atom. The number of alkyl halides is 2. The van der Waals surface area contributed by atoms with Crippen LogP contribution in [0.3, 0.4) is 0 Å². The number of hydrogen-bond donors (Lipinski definition) is 0. The summed E-state index contributed by atoms with van der Waals surface area (Å²) in [6.07, 6.45) is 1.08. The van der Waals surface area contributed by atoms with Crippen LogP contribution in [0, 0.1) is 17.2 Å². The van der Waals surface area contributed by atoms with Gasteiger partial charge < -0.3 is 0 Å².